The standard InChI is InChI=1S/C13H17F3N2O2/c1-3-17-12(19)9(2)18-8-10-4-6-11(7-5-10)20-13(14,15)16/h4-7,9,18H,3,8H2,1-2H3,(H,17,19). The monoisotopic (exact) mass is 290 g/mol. The second-order valence-corrected chi connectivity index (χ2v) is 4.19. The molecule has 20 heavy (non-hydrogen) atoms. The van der Waals surface area contributed by atoms with Crippen molar-refractivity contribution in [2.75, 3.05) is 6.54 Å². The molecule has 7 heteroatoms. The molecule has 1 atom stereocenters. The summed E-state index contributed by atoms with van der Waals surface area (Å²) in [5, 5.41) is 5.65. The Morgan fingerprint density at radius 1 is 1.30 bits per heavy atom. The Hall–Kier alpha value is -1.76. The Morgan fingerprint density at radius 3 is 2.40 bits per heavy atom. The maximum atomic E-state index is 12.0. The van der Waals surface area contributed by atoms with Crippen LogP contribution in [0.2, 0.25) is 0 Å². The quantitative estimate of drug-likeness (QED) is 0.844. The van der Waals surface area contributed by atoms with Crippen molar-refractivity contribution in [1.29, 1.82) is 0 Å². The summed E-state index contributed by atoms with van der Waals surface area (Å²) in [6.45, 7) is 4.47. The molecule has 1 aromatic rings. The first-order valence-corrected chi connectivity index (χ1v) is 6.17. The van der Waals surface area contributed by atoms with Crippen LogP contribution in [-0.4, -0.2) is 24.9 Å². The molecule has 112 valence electrons. The minimum Gasteiger partial charge on any atom is -0.406 e. The SMILES string of the molecule is CCNC(=O)C(C)NCc1ccc(OC(F)(F)F)cc1. The lowest BCUT2D eigenvalue weighted by atomic mass is 10.2. The Kier molecular flexibility index (Phi) is 5.82. The van der Waals surface area contributed by atoms with Gasteiger partial charge in [-0.25, -0.2) is 0 Å². The Morgan fingerprint density at radius 2 is 1.90 bits per heavy atom. The summed E-state index contributed by atoms with van der Waals surface area (Å²) in [5.41, 5.74) is 0.760. The van der Waals surface area contributed by atoms with E-state index in [-0.39, 0.29) is 17.7 Å². The molecule has 0 aromatic heterocycles. The molecular formula is C13H17F3N2O2. The fourth-order valence-electron chi connectivity index (χ4n) is 1.50. The molecule has 0 aliphatic rings. The first kappa shape index (κ1) is 16.3. The van der Waals surface area contributed by atoms with Crippen molar-refractivity contribution < 1.29 is 22.7 Å². The van der Waals surface area contributed by atoms with E-state index in [2.05, 4.69) is 15.4 Å². The molecule has 0 saturated heterocycles. The van der Waals surface area contributed by atoms with Gasteiger partial charge in [0, 0.05) is 13.1 Å². The molecule has 4 nitrogen and oxygen atoms in total. The van der Waals surface area contributed by atoms with Gasteiger partial charge in [0.2, 0.25) is 5.91 Å². The summed E-state index contributed by atoms with van der Waals surface area (Å²) < 4.78 is 39.7. The van der Waals surface area contributed by atoms with Gasteiger partial charge >= 0.3 is 6.36 Å². The van der Waals surface area contributed by atoms with Crippen LogP contribution in [0, 0.1) is 0 Å². The summed E-state index contributed by atoms with van der Waals surface area (Å²) in [4.78, 5) is 11.5. The summed E-state index contributed by atoms with van der Waals surface area (Å²) in [6.07, 6.45) is -4.69. The van der Waals surface area contributed by atoms with Crippen molar-refractivity contribution in [2.45, 2.75) is 32.8 Å². The van der Waals surface area contributed by atoms with Gasteiger partial charge in [-0.1, -0.05) is 12.1 Å². The molecule has 2 N–H and O–H groups in total. The van der Waals surface area contributed by atoms with Gasteiger partial charge in [-0.3, -0.25) is 4.79 Å². The average Bonchev–Trinajstić information content (AvgIpc) is 2.36. The molecule has 1 unspecified atom stereocenters. The van der Waals surface area contributed by atoms with Crippen LogP contribution in [0.15, 0.2) is 24.3 Å². The molecule has 1 aromatic carbocycles. The van der Waals surface area contributed by atoms with Gasteiger partial charge in [0.05, 0.1) is 6.04 Å². The number of alkyl halides is 3. The highest BCUT2D eigenvalue weighted by Gasteiger charge is 2.30. The highest BCUT2D eigenvalue weighted by Crippen LogP contribution is 2.22. The van der Waals surface area contributed by atoms with E-state index in [1.807, 2.05) is 6.92 Å². The van der Waals surface area contributed by atoms with Crippen molar-refractivity contribution >= 4 is 5.91 Å². The highest BCUT2D eigenvalue weighted by atomic mass is 19.4. The van der Waals surface area contributed by atoms with Gasteiger partial charge in [0.1, 0.15) is 5.75 Å². The molecule has 1 rings (SSSR count). The van der Waals surface area contributed by atoms with Crippen LogP contribution in [-0.2, 0) is 11.3 Å². The summed E-state index contributed by atoms with van der Waals surface area (Å²) in [5.74, 6) is -0.387. The van der Waals surface area contributed by atoms with E-state index in [0.717, 1.165) is 5.56 Å². The maximum Gasteiger partial charge on any atom is 0.573 e. The fraction of sp³-hybridized carbons (Fsp3) is 0.462. The van der Waals surface area contributed by atoms with Gasteiger partial charge in [-0.05, 0) is 31.5 Å². The second-order valence-electron chi connectivity index (χ2n) is 4.19. The van der Waals surface area contributed by atoms with Crippen molar-refractivity contribution in [3.8, 4) is 5.75 Å². The first-order valence-electron chi connectivity index (χ1n) is 6.17. The molecule has 0 aliphatic heterocycles. The average molecular weight is 290 g/mol. The van der Waals surface area contributed by atoms with Crippen LogP contribution in [0.25, 0.3) is 0 Å². The number of ether oxygens (including phenoxy) is 1. The molecule has 0 aliphatic carbocycles. The van der Waals surface area contributed by atoms with Gasteiger partial charge in [0.15, 0.2) is 0 Å². The van der Waals surface area contributed by atoms with E-state index >= 15 is 0 Å². The maximum absolute atomic E-state index is 12.0. The largest absolute Gasteiger partial charge is 0.573 e. The number of carbonyl (C=O) groups excluding carboxylic acids is 1. The van der Waals surface area contributed by atoms with Crippen molar-refractivity contribution in [3.05, 3.63) is 29.8 Å². The molecule has 0 bridgehead atoms. The fourth-order valence-corrected chi connectivity index (χ4v) is 1.50. The Bertz CT molecular complexity index is 432. The van der Waals surface area contributed by atoms with E-state index in [4.69, 9.17) is 0 Å². The Labute approximate surface area is 115 Å². The van der Waals surface area contributed by atoms with E-state index < -0.39 is 6.36 Å². The molecule has 0 saturated carbocycles. The third-order valence-electron chi connectivity index (χ3n) is 2.51. The van der Waals surface area contributed by atoms with Gasteiger partial charge in [-0.2, -0.15) is 0 Å². The molecule has 0 radical (unpaired) electrons. The number of benzene rings is 1. The normalized spacial score (nSPS) is 12.8. The molecule has 0 heterocycles. The summed E-state index contributed by atoms with van der Waals surface area (Å²) in [7, 11) is 0. The zero-order valence-corrected chi connectivity index (χ0v) is 11.3. The smallest absolute Gasteiger partial charge is 0.406 e. The van der Waals surface area contributed by atoms with Gasteiger partial charge in [0.25, 0.3) is 0 Å². The second kappa shape index (κ2) is 7.14. The van der Waals surface area contributed by atoms with Crippen LogP contribution in [0.3, 0.4) is 0 Å². The van der Waals surface area contributed by atoms with E-state index in [1.54, 1.807) is 6.92 Å². The predicted molar refractivity (Wildman–Crippen MR) is 68.1 cm³/mol. The Balaban J connectivity index is 2.48. The molecular weight excluding hydrogens is 273 g/mol. The number of halogens is 3. The lowest BCUT2D eigenvalue weighted by Gasteiger charge is -2.13. The van der Waals surface area contributed by atoms with Crippen LogP contribution in [0.1, 0.15) is 19.4 Å². The van der Waals surface area contributed by atoms with Crippen molar-refractivity contribution in [1.82, 2.24) is 10.6 Å². The summed E-state index contributed by atoms with van der Waals surface area (Å²) >= 11 is 0. The van der Waals surface area contributed by atoms with Crippen LogP contribution >= 0.6 is 0 Å². The number of carbonyl (C=O) groups is 1. The van der Waals surface area contributed by atoms with E-state index in [0.29, 0.717) is 13.1 Å². The topological polar surface area (TPSA) is 50.4 Å². The zero-order chi connectivity index (χ0) is 15.2. The van der Waals surface area contributed by atoms with Crippen molar-refractivity contribution in [3.63, 3.8) is 0 Å². The number of nitrogens with one attached hydrogen (secondary N) is 2. The minimum atomic E-state index is -4.69. The molecule has 0 fully saturated rings. The third kappa shape index (κ3) is 5.92. The van der Waals surface area contributed by atoms with Gasteiger partial charge in [-0.15, -0.1) is 13.2 Å². The number of likely N-dealkylation sites (N-methyl/N-ethyl adjacent to an activating group) is 1. The van der Waals surface area contributed by atoms with E-state index in [9.17, 15) is 18.0 Å². The number of rotatable bonds is 6. The summed E-state index contributed by atoms with van der Waals surface area (Å²) in [6, 6.07) is 5.13. The molecule has 0 spiro atoms. The molecule has 1 amide bonds. The lowest BCUT2D eigenvalue weighted by Crippen LogP contribution is -2.41. The predicted octanol–water partition coefficient (Wildman–Crippen LogP) is 2.20. The zero-order valence-electron chi connectivity index (χ0n) is 11.3. The highest BCUT2D eigenvalue weighted by molar-refractivity contribution is 5.81. The lowest BCUT2D eigenvalue weighted by molar-refractivity contribution is -0.274. The number of hydrogen-bond acceptors (Lipinski definition) is 3. The number of amides is 1. The third-order valence-corrected chi connectivity index (χ3v) is 2.51. The minimum absolute atomic E-state index is 0.121. The van der Waals surface area contributed by atoms with Crippen LogP contribution in [0.4, 0.5) is 13.2 Å². The van der Waals surface area contributed by atoms with Crippen LogP contribution < -0.4 is 15.4 Å². The van der Waals surface area contributed by atoms with E-state index in [1.165, 1.54) is 24.3 Å². The van der Waals surface area contributed by atoms with Gasteiger partial charge < -0.3 is 15.4 Å². The van der Waals surface area contributed by atoms with Crippen molar-refractivity contribution in [2.24, 2.45) is 0 Å². The first-order chi connectivity index (χ1) is 9.31. The van der Waals surface area contributed by atoms with Crippen LogP contribution in [0.5, 0.6) is 5.75 Å². The number of hydrogen-bond donors (Lipinski definition) is 2.